The number of anilines is 2. The topological polar surface area (TPSA) is 84.0 Å². The van der Waals surface area contributed by atoms with Gasteiger partial charge < -0.3 is 5.32 Å². The molecule has 7 heteroatoms. The molecule has 1 heterocycles. The van der Waals surface area contributed by atoms with Gasteiger partial charge in [-0.25, -0.2) is 0 Å². The number of hydrogen-bond acceptors (Lipinski definition) is 5. The minimum absolute atomic E-state index is 0.248. The molecule has 2 N–H and O–H groups in total. The largest absolute Gasteiger partial charge is 0.322 e. The molecule has 6 nitrogen and oxygen atoms in total. The second-order valence-electron chi connectivity index (χ2n) is 5.30. The third kappa shape index (κ3) is 4.40. The molecule has 0 aliphatic carbocycles. The quantitative estimate of drug-likeness (QED) is 0.671. The van der Waals surface area contributed by atoms with Crippen molar-refractivity contribution in [2.24, 2.45) is 0 Å². The van der Waals surface area contributed by atoms with Crippen LogP contribution in [0.25, 0.3) is 10.6 Å². The molecule has 0 saturated carbocycles. The number of benzene rings is 2. The summed E-state index contributed by atoms with van der Waals surface area (Å²) in [5.74, 6) is -0.565. The zero-order chi connectivity index (χ0) is 18.4. The van der Waals surface area contributed by atoms with E-state index in [0.717, 1.165) is 10.6 Å². The summed E-state index contributed by atoms with van der Waals surface area (Å²) in [6.07, 6.45) is 3.06. The van der Waals surface area contributed by atoms with Gasteiger partial charge in [0.1, 0.15) is 5.01 Å². The normalized spacial score (nSPS) is 10.7. The Kier molecular flexibility index (Phi) is 5.50. The van der Waals surface area contributed by atoms with Gasteiger partial charge in [-0.2, -0.15) is 0 Å². The van der Waals surface area contributed by atoms with E-state index in [0.29, 0.717) is 16.4 Å². The van der Waals surface area contributed by atoms with Crippen molar-refractivity contribution in [2.45, 2.75) is 6.92 Å². The number of nitrogens with zero attached hydrogens (tertiary/aromatic N) is 2. The molecule has 0 saturated heterocycles. The molecule has 0 radical (unpaired) electrons. The zero-order valence-corrected chi connectivity index (χ0v) is 14.8. The minimum atomic E-state index is -0.317. The maximum Gasteiger partial charge on any atom is 0.257 e. The lowest BCUT2D eigenvalue weighted by atomic mass is 10.2. The average Bonchev–Trinajstić information content (AvgIpc) is 3.11. The van der Waals surface area contributed by atoms with Gasteiger partial charge in [-0.1, -0.05) is 53.8 Å². The Hall–Kier alpha value is -3.32. The van der Waals surface area contributed by atoms with Gasteiger partial charge in [0.15, 0.2) is 0 Å². The lowest BCUT2D eigenvalue weighted by molar-refractivity contribution is -0.111. The van der Waals surface area contributed by atoms with Crippen LogP contribution in [0.4, 0.5) is 10.8 Å². The molecular formula is C19H16N4O2S. The highest BCUT2D eigenvalue weighted by Gasteiger charge is 2.12. The van der Waals surface area contributed by atoms with E-state index in [-0.39, 0.29) is 11.8 Å². The third-order valence-electron chi connectivity index (χ3n) is 3.38. The molecule has 0 aliphatic rings. The molecule has 3 aromatic rings. The predicted molar refractivity (Wildman–Crippen MR) is 103 cm³/mol. The number of amides is 2. The lowest BCUT2D eigenvalue weighted by Gasteiger charge is -2.05. The fourth-order valence-corrected chi connectivity index (χ4v) is 2.96. The van der Waals surface area contributed by atoms with Crippen LogP contribution in [-0.4, -0.2) is 22.0 Å². The summed E-state index contributed by atoms with van der Waals surface area (Å²) in [7, 11) is 0. The van der Waals surface area contributed by atoms with Gasteiger partial charge in [-0.05, 0) is 31.2 Å². The number of rotatable bonds is 5. The van der Waals surface area contributed by atoms with Gasteiger partial charge in [0.2, 0.25) is 11.0 Å². The van der Waals surface area contributed by atoms with Crippen LogP contribution in [0, 0.1) is 0 Å². The van der Waals surface area contributed by atoms with Crippen molar-refractivity contribution in [3.63, 3.8) is 0 Å². The molecule has 0 fully saturated rings. The van der Waals surface area contributed by atoms with Crippen molar-refractivity contribution in [1.82, 2.24) is 10.2 Å². The van der Waals surface area contributed by atoms with Gasteiger partial charge >= 0.3 is 0 Å². The minimum Gasteiger partial charge on any atom is -0.322 e. The van der Waals surface area contributed by atoms with E-state index < -0.39 is 0 Å². The molecule has 0 atom stereocenters. The SMILES string of the molecule is C/C=C/C(=O)Nc1cccc(C(=O)Nc2nnc(-c3ccccc3)s2)c1. The van der Waals surface area contributed by atoms with Crippen LogP contribution < -0.4 is 10.6 Å². The van der Waals surface area contributed by atoms with Gasteiger partial charge in [-0.15, -0.1) is 10.2 Å². The molecule has 0 bridgehead atoms. The van der Waals surface area contributed by atoms with Crippen LogP contribution in [-0.2, 0) is 4.79 Å². The third-order valence-corrected chi connectivity index (χ3v) is 4.26. The van der Waals surface area contributed by atoms with E-state index in [4.69, 9.17) is 0 Å². The maximum atomic E-state index is 12.4. The van der Waals surface area contributed by atoms with Crippen molar-refractivity contribution in [3.05, 3.63) is 72.3 Å². The van der Waals surface area contributed by atoms with Crippen LogP contribution in [0.2, 0.25) is 0 Å². The summed E-state index contributed by atoms with van der Waals surface area (Å²) in [4.78, 5) is 24.0. The Morgan fingerprint density at radius 3 is 2.58 bits per heavy atom. The molecule has 2 aromatic carbocycles. The average molecular weight is 364 g/mol. The molecule has 2 amide bonds. The van der Waals surface area contributed by atoms with Crippen molar-refractivity contribution in [2.75, 3.05) is 10.6 Å². The summed E-state index contributed by atoms with van der Waals surface area (Å²) in [6.45, 7) is 1.76. The molecule has 1 aromatic heterocycles. The molecule has 130 valence electrons. The van der Waals surface area contributed by atoms with Crippen LogP contribution in [0.3, 0.4) is 0 Å². The highest BCUT2D eigenvalue weighted by atomic mass is 32.1. The summed E-state index contributed by atoms with van der Waals surface area (Å²) in [5, 5.41) is 14.7. The van der Waals surface area contributed by atoms with Crippen molar-refractivity contribution < 1.29 is 9.59 Å². The second kappa shape index (κ2) is 8.17. The standard InChI is InChI=1S/C19H16N4O2S/c1-2-7-16(24)20-15-11-6-10-14(12-15)17(25)21-19-23-22-18(26-19)13-8-4-3-5-9-13/h2-12H,1H3,(H,20,24)(H,21,23,25)/b7-2+. The van der Waals surface area contributed by atoms with Crippen molar-refractivity contribution >= 4 is 34.0 Å². The van der Waals surface area contributed by atoms with E-state index in [1.54, 1.807) is 37.3 Å². The summed E-state index contributed by atoms with van der Waals surface area (Å²) >= 11 is 1.30. The first kappa shape index (κ1) is 17.5. The van der Waals surface area contributed by atoms with Gasteiger partial charge in [0, 0.05) is 16.8 Å². The smallest absolute Gasteiger partial charge is 0.257 e. The molecule has 3 rings (SSSR count). The molecule has 0 aliphatic heterocycles. The maximum absolute atomic E-state index is 12.4. The summed E-state index contributed by atoms with van der Waals surface area (Å²) in [6, 6.07) is 16.3. The summed E-state index contributed by atoms with van der Waals surface area (Å²) in [5.41, 5.74) is 1.90. The first-order chi connectivity index (χ1) is 12.7. The van der Waals surface area contributed by atoms with Crippen LogP contribution in [0.15, 0.2) is 66.7 Å². The molecule has 0 unspecified atom stereocenters. The Labute approximate surface area is 154 Å². The highest BCUT2D eigenvalue weighted by molar-refractivity contribution is 7.18. The van der Waals surface area contributed by atoms with E-state index >= 15 is 0 Å². The Balaban J connectivity index is 1.70. The number of aromatic nitrogens is 2. The Morgan fingerprint density at radius 2 is 1.81 bits per heavy atom. The molecule has 0 spiro atoms. The number of hydrogen-bond donors (Lipinski definition) is 2. The number of allylic oxidation sites excluding steroid dienone is 1. The van der Waals surface area contributed by atoms with Crippen molar-refractivity contribution in [1.29, 1.82) is 0 Å². The number of carbonyl (C=O) groups excluding carboxylic acids is 2. The van der Waals surface area contributed by atoms with Crippen molar-refractivity contribution in [3.8, 4) is 10.6 Å². The van der Waals surface area contributed by atoms with Gasteiger partial charge in [0.25, 0.3) is 5.91 Å². The van der Waals surface area contributed by atoms with E-state index in [9.17, 15) is 9.59 Å². The van der Waals surface area contributed by atoms with Crippen LogP contribution in [0.5, 0.6) is 0 Å². The Bertz CT molecular complexity index is 951. The highest BCUT2D eigenvalue weighted by Crippen LogP contribution is 2.26. The fourth-order valence-electron chi connectivity index (χ4n) is 2.21. The lowest BCUT2D eigenvalue weighted by Crippen LogP contribution is -2.13. The fraction of sp³-hybridized carbons (Fsp3) is 0.0526. The molecule has 26 heavy (non-hydrogen) atoms. The number of carbonyl (C=O) groups is 2. The van der Waals surface area contributed by atoms with Crippen LogP contribution in [0.1, 0.15) is 17.3 Å². The first-order valence-electron chi connectivity index (χ1n) is 7.90. The van der Waals surface area contributed by atoms with Gasteiger partial charge in [-0.3, -0.25) is 14.9 Å². The zero-order valence-electron chi connectivity index (χ0n) is 14.0. The summed E-state index contributed by atoms with van der Waals surface area (Å²) < 4.78 is 0. The van der Waals surface area contributed by atoms with Gasteiger partial charge in [0.05, 0.1) is 0 Å². The molecular weight excluding hydrogens is 348 g/mol. The van der Waals surface area contributed by atoms with E-state index in [1.165, 1.54) is 17.4 Å². The second-order valence-corrected chi connectivity index (χ2v) is 6.28. The van der Waals surface area contributed by atoms with Crippen LogP contribution >= 0.6 is 11.3 Å². The monoisotopic (exact) mass is 364 g/mol. The Morgan fingerprint density at radius 1 is 1.00 bits per heavy atom. The predicted octanol–water partition coefficient (Wildman–Crippen LogP) is 3.97. The van der Waals surface area contributed by atoms with E-state index in [1.807, 2.05) is 30.3 Å². The van der Waals surface area contributed by atoms with E-state index in [2.05, 4.69) is 20.8 Å². The first-order valence-corrected chi connectivity index (χ1v) is 8.71. The number of nitrogens with one attached hydrogen (secondary N) is 2.